The predicted molar refractivity (Wildman–Crippen MR) is 58.5 cm³/mol. The Morgan fingerprint density at radius 1 is 1.31 bits per heavy atom. The van der Waals surface area contributed by atoms with E-state index < -0.39 is 0 Å². The lowest BCUT2D eigenvalue weighted by Crippen LogP contribution is -2.05. The Bertz CT molecular complexity index is 173. The van der Waals surface area contributed by atoms with E-state index in [1.807, 2.05) is 14.0 Å². The highest BCUT2D eigenvalue weighted by Crippen LogP contribution is 2.06. The Kier molecular flexibility index (Phi) is 7.60. The van der Waals surface area contributed by atoms with Crippen LogP contribution in [-0.4, -0.2) is 26.0 Å². The second-order valence-electron chi connectivity index (χ2n) is 2.97. The number of hydrogen-bond donors (Lipinski definition) is 0. The van der Waals surface area contributed by atoms with Crippen LogP contribution in [0.4, 0.5) is 0 Å². The minimum absolute atomic E-state index is 0.762. The van der Waals surface area contributed by atoms with E-state index in [1.165, 1.54) is 0 Å². The summed E-state index contributed by atoms with van der Waals surface area (Å²) in [4.78, 5) is 4.22. The van der Waals surface area contributed by atoms with E-state index in [4.69, 9.17) is 4.74 Å². The molecule has 0 N–H and O–H groups in total. The lowest BCUT2D eigenvalue weighted by molar-refractivity contribution is 0.151. The summed E-state index contributed by atoms with van der Waals surface area (Å²) >= 11 is 0. The van der Waals surface area contributed by atoms with Gasteiger partial charge < -0.3 is 4.74 Å². The van der Waals surface area contributed by atoms with Gasteiger partial charge in [-0.2, -0.15) is 0 Å². The van der Waals surface area contributed by atoms with Gasteiger partial charge in [-0.05, 0) is 25.3 Å². The molecule has 2 heteroatoms. The first-order valence-corrected chi connectivity index (χ1v) is 4.97. The first-order chi connectivity index (χ1) is 6.26. The molecule has 0 aromatic heterocycles. The topological polar surface area (TPSA) is 21.6 Å². The smallest absolute Gasteiger partial charge is 0.0506 e. The lowest BCUT2D eigenvalue weighted by atomic mass is 10.1. The van der Waals surface area contributed by atoms with Crippen molar-refractivity contribution in [1.82, 2.24) is 0 Å². The molecule has 13 heavy (non-hydrogen) atoms. The molecule has 0 amide bonds. The van der Waals surface area contributed by atoms with Crippen molar-refractivity contribution < 1.29 is 4.74 Å². The molecule has 0 saturated carbocycles. The Morgan fingerprint density at radius 2 is 2.00 bits per heavy atom. The lowest BCUT2D eigenvalue weighted by Gasteiger charge is -2.07. The summed E-state index contributed by atoms with van der Waals surface area (Å²) in [5, 5.41) is 0. The number of rotatable bonds is 7. The van der Waals surface area contributed by atoms with E-state index in [-0.39, 0.29) is 0 Å². The summed E-state index contributed by atoms with van der Waals surface area (Å²) < 4.78 is 5.26. The fraction of sp³-hybridized carbons (Fsp3) is 0.727. The Labute approximate surface area is 81.7 Å². The van der Waals surface area contributed by atoms with Crippen molar-refractivity contribution in [1.29, 1.82) is 0 Å². The van der Waals surface area contributed by atoms with Gasteiger partial charge in [-0.3, -0.25) is 4.99 Å². The second-order valence-corrected chi connectivity index (χ2v) is 2.97. The van der Waals surface area contributed by atoms with Crippen molar-refractivity contribution >= 4 is 5.71 Å². The SMILES string of the molecule is C=C(CCOCC)C(CCC)=NC. The van der Waals surface area contributed by atoms with Gasteiger partial charge in [0.25, 0.3) is 0 Å². The molecule has 0 fully saturated rings. The van der Waals surface area contributed by atoms with E-state index in [2.05, 4.69) is 18.5 Å². The summed E-state index contributed by atoms with van der Waals surface area (Å²) in [7, 11) is 1.83. The molecule has 0 bridgehead atoms. The van der Waals surface area contributed by atoms with Crippen LogP contribution < -0.4 is 0 Å². The van der Waals surface area contributed by atoms with Crippen molar-refractivity contribution in [2.24, 2.45) is 4.99 Å². The molecule has 0 spiro atoms. The average molecular weight is 183 g/mol. The van der Waals surface area contributed by atoms with Gasteiger partial charge in [0.05, 0.1) is 6.61 Å². The number of aliphatic imine (C=N–C) groups is 1. The maximum Gasteiger partial charge on any atom is 0.0506 e. The molecule has 0 heterocycles. The van der Waals surface area contributed by atoms with Gasteiger partial charge in [0.15, 0.2) is 0 Å². The monoisotopic (exact) mass is 183 g/mol. The van der Waals surface area contributed by atoms with Crippen LogP contribution in [-0.2, 0) is 4.74 Å². The fourth-order valence-electron chi connectivity index (χ4n) is 1.17. The second kappa shape index (κ2) is 7.99. The standard InChI is InChI=1S/C11H21NO/c1-5-7-11(12-4)10(3)8-9-13-6-2/h3,5-9H2,1-2,4H3. The summed E-state index contributed by atoms with van der Waals surface area (Å²) in [6.45, 7) is 9.70. The van der Waals surface area contributed by atoms with E-state index >= 15 is 0 Å². The molecule has 0 aromatic carbocycles. The molecule has 0 radical (unpaired) electrons. The molecule has 0 aromatic rings. The first-order valence-electron chi connectivity index (χ1n) is 4.97. The van der Waals surface area contributed by atoms with Crippen molar-refractivity contribution in [3.63, 3.8) is 0 Å². The van der Waals surface area contributed by atoms with Gasteiger partial charge in [0.2, 0.25) is 0 Å². The highest BCUT2D eigenvalue weighted by atomic mass is 16.5. The van der Waals surface area contributed by atoms with Crippen molar-refractivity contribution in [3.05, 3.63) is 12.2 Å². The molecular formula is C11H21NO. The van der Waals surface area contributed by atoms with Gasteiger partial charge in [-0.25, -0.2) is 0 Å². The molecule has 0 unspecified atom stereocenters. The molecule has 0 atom stereocenters. The highest BCUT2D eigenvalue weighted by molar-refractivity contribution is 5.99. The molecule has 0 aliphatic rings. The third kappa shape index (κ3) is 5.58. The van der Waals surface area contributed by atoms with Crippen LogP contribution >= 0.6 is 0 Å². The largest absolute Gasteiger partial charge is 0.381 e. The minimum atomic E-state index is 0.762. The van der Waals surface area contributed by atoms with Gasteiger partial charge in [-0.1, -0.05) is 19.9 Å². The summed E-state index contributed by atoms with van der Waals surface area (Å²) in [5.74, 6) is 0. The van der Waals surface area contributed by atoms with Crippen LogP contribution in [0.2, 0.25) is 0 Å². The van der Waals surface area contributed by atoms with Crippen LogP contribution in [0.15, 0.2) is 17.1 Å². The summed E-state index contributed by atoms with van der Waals surface area (Å²) in [6, 6.07) is 0. The van der Waals surface area contributed by atoms with E-state index in [0.717, 1.165) is 43.8 Å². The Morgan fingerprint density at radius 3 is 2.46 bits per heavy atom. The highest BCUT2D eigenvalue weighted by Gasteiger charge is 2.02. The zero-order chi connectivity index (χ0) is 10.1. The van der Waals surface area contributed by atoms with E-state index in [0.29, 0.717) is 0 Å². The molecule has 0 aliphatic heterocycles. The summed E-state index contributed by atoms with van der Waals surface area (Å²) in [6.07, 6.45) is 3.06. The summed E-state index contributed by atoms with van der Waals surface area (Å²) in [5.41, 5.74) is 2.26. The van der Waals surface area contributed by atoms with Crippen LogP contribution in [0.1, 0.15) is 33.1 Å². The Hall–Kier alpha value is -0.630. The predicted octanol–water partition coefficient (Wildman–Crippen LogP) is 2.84. The van der Waals surface area contributed by atoms with Crippen LogP contribution in [0, 0.1) is 0 Å². The van der Waals surface area contributed by atoms with Crippen LogP contribution in [0.25, 0.3) is 0 Å². The van der Waals surface area contributed by atoms with Crippen molar-refractivity contribution in [2.75, 3.05) is 20.3 Å². The zero-order valence-corrected chi connectivity index (χ0v) is 9.10. The normalized spacial score (nSPS) is 11.8. The fourth-order valence-corrected chi connectivity index (χ4v) is 1.17. The zero-order valence-electron chi connectivity index (χ0n) is 9.10. The quantitative estimate of drug-likeness (QED) is 0.439. The van der Waals surface area contributed by atoms with Crippen LogP contribution in [0.5, 0.6) is 0 Å². The molecule has 76 valence electrons. The first kappa shape index (κ1) is 12.4. The molecule has 0 saturated heterocycles. The maximum absolute atomic E-state index is 5.26. The molecule has 0 aliphatic carbocycles. The minimum Gasteiger partial charge on any atom is -0.381 e. The van der Waals surface area contributed by atoms with Gasteiger partial charge in [-0.15, -0.1) is 0 Å². The average Bonchev–Trinajstić information content (AvgIpc) is 2.14. The Balaban J connectivity index is 3.79. The van der Waals surface area contributed by atoms with E-state index in [9.17, 15) is 0 Å². The molecule has 0 rings (SSSR count). The molecular weight excluding hydrogens is 162 g/mol. The van der Waals surface area contributed by atoms with Crippen LogP contribution in [0.3, 0.4) is 0 Å². The third-order valence-corrected chi connectivity index (χ3v) is 1.92. The van der Waals surface area contributed by atoms with Gasteiger partial charge in [0.1, 0.15) is 0 Å². The van der Waals surface area contributed by atoms with Gasteiger partial charge in [0, 0.05) is 19.4 Å². The number of ether oxygens (including phenoxy) is 1. The third-order valence-electron chi connectivity index (χ3n) is 1.92. The van der Waals surface area contributed by atoms with Crippen molar-refractivity contribution in [3.8, 4) is 0 Å². The maximum atomic E-state index is 5.26. The van der Waals surface area contributed by atoms with E-state index in [1.54, 1.807) is 0 Å². The van der Waals surface area contributed by atoms with Gasteiger partial charge >= 0.3 is 0 Å². The number of hydrogen-bond acceptors (Lipinski definition) is 2. The van der Waals surface area contributed by atoms with Crippen molar-refractivity contribution in [2.45, 2.75) is 33.1 Å². The molecule has 2 nitrogen and oxygen atoms in total. The number of nitrogens with zero attached hydrogens (tertiary/aromatic N) is 1.